The third kappa shape index (κ3) is 1.97. The molecule has 1 aromatic carbocycles. The van der Waals surface area contributed by atoms with E-state index in [4.69, 9.17) is 0 Å². The largest absolute Gasteiger partial charge is 0.418 e. The van der Waals surface area contributed by atoms with Gasteiger partial charge in [-0.2, -0.15) is 18.2 Å². The first-order valence-corrected chi connectivity index (χ1v) is 3.40. The van der Waals surface area contributed by atoms with Crippen LogP contribution in [0.25, 0.3) is 0 Å². The fraction of sp³-hybridized carbons (Fsp3) is 0.125. The van der Waals surface area contributed by atoms with Gasteiger partial charge in [-0.3, -0.25) is 0 Å². The Morgan fingerprint density at radius 3 is 2.43 bits per heavy atom. The van der Waals surface area contributed by atoms with E-state index in [1.165, 1.54) is 0 Å². The average molecular weight is 205 g/mol. The van der Waals surface area contributed by atoms with Crippen molar-refractivity contribution in [3.8, 4) is 0 Å². The van der Waals surface area contributed by atoms with Crippen LogP contribution >= 0.6 is 0 Å². The topological polar surface area (TPSA) is 29.4 Å². The molecular weight excluding hydrogens is 202 g/mol. The van der Waals surface area contributed by atoms with Gasteiger partial charge in [0, 0.05) is 0 Å². The first-order chi connectivity index (χ1) is 6.46. The van der Waals surface area contributed by atoms with Crippen LogP contribution in [-0.2, 0) is 11.0 Å². The summed E-state index contributed by atoms with van der Waals surface area (Å²) in [5.41, 5.74) is -2.32. The Morgan fingerprint density at radius 2 is 1.93 bits per heavy atom. The summed E-state index contributed by atoms with van der Waals surface area (Å²) in [4.78, 5) is 12.5. The van der Waals surface area contributed by atoms with E-state index in [9.17, 15) is 22.4 Å². The van der Waals surface area contributed by atoms with E-state index < -0.39 is 23.2 Å². The van der Waals surface area contributed by atoms with Crippen molar-refractivity contribution in [3.05, 3.63) is 29.6 Å². The van der Waals surface area contributed by atoms with Crippen LogP contribution in [0.3, 0.4) is 0 Å². The van der Waals surface area contributed by atoms with Gasteiger partial charge in [-0.1, -0.05) is 6.07 Å². The highest BCUT2D eigenvalue weighted by molar-refractivity contribution is 5.55. The molecule has 1 aromatic rings. The molecule has 0 spiro atoms. The number of hydrogen-bond donors (Lipinski definition) is 0. The van der Waals surface area contributed by atoms with Gasteiger partial charge in [-0.25, -0.2) is 9.18 Å². The summed E-state index contributed by atoms with van der Waals surface area (Å²) in [6.45, 7) is 0. The van der Waals surface area contributed by atoms with Crippen molar-refractivity contribution < 1.29 is 22.4 Å². The zero-order valence-electron chi connectivity index (χ0n) is 6.60. The Labute approximate surface area is 75.9 Å². The number of benzene rings is 1. The fourth-order valence-electron chi connectivity index (χ4n) is 0.903. The molecule has 74 valence electrons. The van der Waals surface area contributed by atoms with Gasteiger partial charge in [0.2, 0.25) is 6.08 Å². The number of alkyl halides is 3. The molecule has 6 heteroatoms. The normalized spacial score (nSPS) is 10.9. The lowest BCUT2D eigenvalue weighted by Gasteiger charge is -2.08. The summed E-state index contributed by atoms with van der Waals surface area (Å²) < 4.78 is 49.4. The van der Waals surface area contributed by atoms with Gasteiger partial charge in [0.1, 0.15) is 11.5 Å². The molecule has 0 atom stereocenters. The smallest absolute Gasteiger partial charge is 0.211 e. The molecule has 0 radical (unpaired) electrons. The number of nitrogens with zero attached hydrogens (tertiary/aromatic N) is 1. The first-order valence-electron chi connectivity index (χ1n) is 3.40. The standard InChI is InChI=1S/C8H3F4NO/c9-6-3-1-2-5(8(10,11)12)7(6)13-4-14/h1-3H. The lowest BCUT2D eigenvalue weighted by Crippen LogP contribution is -2.05. The van der Waals surface area contributed by atoms with Gasteiger partial charge in [-0.05, 0) is 12.1 Å². The van der Waals surface area contributed by atoms with Crippen molar-refractivity contribution in [1.29, 1.82) is 0 Å². The Bertz CT molecular complexity index is 393. The second kappa shape index (κ2) is 3.59. The molecule has 0 aromatic heterocycles. The van der Waals surface area contributed by atoms with E-state index in [1.807, 2.05) is 0 Å². The molecule has 2 nitrogen and oxygen atoms in total. The van der Waals surface area contributed by atoms with Crippen LogP contribution in [0.2, 0.25) is 0 Å². The summed E-state index contributed by atoms with van der Waals surface area (Å²) in [5.74, 6) is -1.21. The summed E-state index contributed by atoms with van der Waals surface area (Å²) in [6, 6.07) is 2.31. The monoisotopic (exact) mass is 205 g/mol. The zero-order valence-corrected chi connectivity index (χ0v) is 6.60. The number of carbonyl (C=O) groups excluding carboxylic acids is 1. The molecule has 0 saturated heterocycles. The van der Waals surface area contributed by atoms with E-state index in [-0.39, 0.29) is 0 Å². The van der Waals surface area contributed by atoms with Crippen LogP contribution in [0, 0.1) is 5.82 Å². The molecule has 0 aliphatic rings. The van der Waals surface area contributed by atoms with Gasteiger partial charge < -0.3 is 0 Å². The molecule has 14 heavy (non-hydrogen) atoms. The Morgan fingerprint density at radius 1 is 1.29 bits per heavy atom. The van der Waals surface area contributed by atoms with Crippen LogP contribution in [-0.4, -0.2) is 6.08 Å². The lowest BCUT2D eigenvalue weighted by molar-refractivity contribution is -0.137. The SMILES string of the molecule is O=C=Nc1c(F)cccc1C(F)(F)F. The third-order valence-electron chi connectivity index (χ3n) is 1.45. The number of halogens is 4. The van der Waals surface area contributed by atoms with Crippen LogP contribution < -0.4 is 0 Å². The highest BCUT2D eigenvalue weighted by Crippen LogP contribution is 2.37. The highest BCUT2D eigenvalue weighted by Gasteiger charge is 2.34. The van der Waals surface area contributed by atoms with E-state index in [2.05, 4.69) is 4.99 Å². The molecular formula is C8H3F4NO. The quantitative estimate of drug-likeness (QED) is 0.393. The molecule has 0 aliphatic heterocycles. The fourth-order valence-corrected chi connectivity index (χ4v) is 0.903. The zero-order chi connectivity index (χ0) is 10.8. The molecule has 0 bridgehead atoms. The number of para-hydroxylation sites is 1. The molecule has 0 amide bonds. The van der Waals surface area contributed by atoms with Crippen molar-refractivity contribution in [1.82, 2.24) is 0 Å². The molecule has 0 unspecified atom stereocenters. The lowest BCUT2D eigenvalue weighted by atomic mass is 10.1. The summed E-state index contributed by atoms with van der Waals surface area (Å²) in [6.07, 6.45) is -3.87. The van der Waals surface area contributed by atoms with E-state index in [1.54, 1.807) is 0 Å². The molecule has 0 heterocycles. The summed E-state index contributed by atoms with van der Waals surface area (Å²) in [7, 11) is 0. The Kier molecular flexibility index (Phi) is 2.67. The average Bonchev–Trinajstić information content (AvgIpc) is 2.07. The van der Waals surface area contributed by atoms with Gasteiger partial charge in [0.25, 0.3) is 0 Å². The third-order valence-corrected chi connectivity index (χ3v) is 1.45. The number of isocyanates is 1. The molecule has 0 N–H and O–H groups in total. The van der Waals surface area contributed by atoms with Crippen molar-refractivity contribution in [3.63, 3.8) is 0 Å². The minimum Gasteiger partial charge on any atom is -0.211 e. The van der Waals surface area contributed by atoms with Crippen molar-refractivity contribution in [2.45, 2.75) is 6.18 Å². The van der Waals surface area contributed by atoms with Crippen LogP contribution in [0.1, 0.15) is 5.56 Å². The van der Waals surface area contributed by atoms with Gasteiger partial charge in [0.05, 0.1) is 5.56 Å². The number of aliphatic imine (C=N–C) groups is 1. The van der Waals surface area contributed by atoms with Crippen molar-refractivity contribution >= 4 is 11.8 Å². The number of hydrogen-bond acceptors (Lipinski definition) is 2. The minimum absolute atomic E-state index is 0.638. The Hall–Kier alpha value is -1.68. The predicted molar refractivity (Wildman–Crippen MR) is 39.2 cm³/mol. The van der Waals surface area contributed by atoms with Gasteiger partial charge in [0.15, 0.2) is 0 Å². The highest BCUT2D eigenvalue weighted by atomic mass is 19.4. The molecule has 1 rings (SSSR count). The van der Waals surface area contributed by atoms with Crippen LogP contribution in [0.4, 0.5) is 23.2 Å². The predicted octanol–water partition coefficient (Wildman–Crippen LogP) is 2.81. The first kappa shape index (κ1) is 10.4. The van der Waals surface area contributed by atoms with Crippen LogP contribution in [0.15, 0.2) is 23.2 Å². The van der Waals surface area contributed by atoms with Crippen LogP contribution in [0.5, 0.6) is 0 Å². The maximum atomic E-state index is 12.8. The van der Waals surface area contributed by atoms with E-state index >= 15 is 0 Å². The minimum atomic E-state index is -4.74. The maximum absolute atomic E-state index is 12.8. The maximum Gasteiger partial charge on any atom is 0.418 e. The van der Waals surface area contributed by atoms with Crippen molar-refractivity contribution in [2.75, 3.05) is 0 Å². The number of rotatable bonds is 1. The summed E-state index contributed by atoms with van der Waals surface area (Å²) >= 11 is 0. The van der Waals surface area contributed by atoms with E-state index in [0.717, 1.165) is 18.2 Å². The van der Waals surface area contributed by atoms with Gasteiger partial charge >= 0.3 is 6.18 Å². The van der Waals surface area contributed by atoms with Gasteiger partial charge in [-0.15, -0.1) is 0 Å². The second-order valence-corrected chi connectivity index (χ2v) is 2.34. The van der Waals surface area contributed by atoms with Crippen molar-refractivity contribution in [2.24, 2.45) is 4.99 Å². The molecule has 0 aliphatic carbocycles. The molecule has 0 fully saturated rings. The van der Waals surface area contributed by atoms with E-state index in [0.29, 0.717) is 6.07 Å². The second-order valence-electron chi connectivity index (χ2n) is 2.34. The molecule has 0 saturated carbocycles. The summed E-state index contributed by atoms with van der Waals surface area (Å²) in [5, 5.41) is 0. The Balaban J connectivity index is 3.43.